The van der Waals surface area contributed by atoms with Gasteiger partial charge in [-0.25, -0.2) is 13.8 Å². The number of aryl methyl sites for hydroxylation is 1. The van der Waals surface area contributed by atoms with Crippen LogP contribution in [-0.2, 0) is 32.4 Å². The molecular weight excluding hydrogens is 510 g/mol. The van der Waals surface area contributed by atoms with E-state index in [9.17, 15) is 18.9 Å². The summed E-state index contributed by atoms with van der Waals surface area (Å²) in [6, 6.07) is 6.83. The van der Waals surface area contributed by atoms with Crippen molar-refractivity contribution in [2.45, 2.75) is 51.0 Å². The maximum atomic E-state index is 15.3. The average Bonchev–Trinajstić information content (AvgIpc) is 3.09. The largest absolute Gasteiger partial charge is 0.475 e. The van der Waals surface area contributed by atoms with Crippen LogP contribution in [0.2, 0.25) is 5.02 Å². The second-order valence-electron chi connectivity index (χ2n) is 8.08. The Kier molecular flexibility index (Phi) is 7.60. The summed E-state index contributed by atoms with van der Waals surface area (Å²) in [4.78, 5) is 37.5. The fourth-order valence-corrected chi connectivity index (χ4v) is 5.43. The normalized spacial score (nSPS) is 30.8. The predicted octanol–water partition coefficient (Wildman–Crippen LogP) is 2.97. The first-order valence-electron chi connectivity index (χ1n) is 10.7. The number of aromatic nitrogens is 2. The molecule has 0 aliphatic carbocycles. The third-order valence-electron chi connectivity index (χ3n) is 5.49. The van der Waals surface area contributed by atoms with Crippen LogP contribution in [-0.4, -0.2) is 47.1 Å². The number of alkyl halides is 1. The summed E-state index contributed by atoms with van der Waals surface area (Å²) in [5.41, 5.74) is -0.719. The first kappa shape index (κ1) is 25.7. The molecule has 2 aliphatic rings. The lowest BCUT2D eigenvalue weighted by atomic mass is 10.1. The van der Waals surface area contributed by atoms with Gasteiger partial charge in [0.1, 0.15) is 6.10 Å². The number of aromatic amines is 1. The fraction of sp³-hybridized carbons (Fsp3) is 0.476. The van der Waals surface area contributed by atoms with Crippen LogP contribution in [0.25, 0.3) is 0 Å². The van der Waals surface area contributed by atoms with Crippen molar-refractivity contribution in [1.29, 1.82) is 0 Å². The van der Waals surface area contributed by atoms with Crippen LogP contribution in [0.3, 0.4) is 0 Å². The van der Waals surface area contributed by atoms with Crippen LogP contribution in [0, 0.1) is 6.92 Å². The summed E-state index contributed by atoms with van der Waals surface area (Å²) < 4.78 is 56.2. The summed E-state index contributed by atoms with van der Waals surface area (Å²) in [5.74, 6) is -0.797. The summed E-state index contributed by atoms with van der Waals surface area (Å²) >= 11 is 6.02. The Bertz CT molecular complexity index is 1270. The Labute approximate surface area is 203 Å². The number of halogens is 2. The molecule has 11 nitrogen and oxygen atoms in total. The van der Waals surface area contributed by atoms with Crippen molar-refractivity contribution < 1.29 is 36.8 Å². The number of rotatable bonds is 6. The zero-order valence-electron chi connectivity index (χ0n) is 18.7. The van der Waals surface area contributed by atoms with E-state index in [0.29, 0.717) is 17.0 Å². The SMILES string of the molecule is CC(=O)O[C@@H]1[C@@H](F)[C@@H](n2cc(C)c(=O)[nH]c2=O)O[C@H]1COP1(=O)OCCC(c2cccc(Cl)c2)O1. The highest BCUT2D eigenvalue weighted by atomic mass is 35.5. The molecule has 2 aliphatic heterocycles. The molecular formula is C21H23ClFN2O9P. The molecule has 190 valence electrons. The molecule has 0 spiro atoms. The van der Waals surface area contributed by atoms with Crippen molar-refractivity contribution in [3.63, 3.8) is 0 Å². The van der Waals surface area contributed by atoms with Gasteiger partial charge in [-0.2, -0.15) is 0 Å². The van der Waals surface area contributed by atoms with Crippen LogP contribution in [0.1, 0.15) is 36.8 Å². The molecule has 1 N–H and O–H groups in total. The van der Waals surface area contributed by atoms with E-state index in [2.05, 4.69) is 4.98 Å². The molecule has 0 saturated carbocycles. The molecule has 0 radical (unpaired) electrons. The number of esters is 1. The number of nitrogens with one attached hydrogen (secondary N) is 1. The Hall–Kier alpha value is -2.34. The number of phosphoric acid groups is 1. The third kappa shape index (κ3) is 5.74. The molecule has 0 amide bonds. The number of carbonyl (C=O) groups excluding carboxylic acids is 1. The minimum atomic E-state index is -4.10. The standard InChI is InChI=1S/C21H23ClFN2O9P/c1-11-9-25(21(28)24-19(11)27)20-17(23)18(32-12(2)26)16(33-20)10-31-35(29)30-7-6-15(34-35)13-4-3-5-14(22)8-13/h3-5,8-9,15-18,20H,6-7,10H2,1-2H3,(H,24,27,28)/t15?,16-,17+,18-,20-,35?/m0/s1. The minimum absolute atomic E-state index is 0.0633. The van der Waals surface area contributed by atoms with Crippen LogP contribution in [0.15, 0.2) is 40.1 Å². The van der Waals surface area contributed by atoms with Crippen molar-refractivity contribution in [2.75, 3.05) is 13.2 Å². The number of benzene rings is 1. The van der Waals surface area contributed by atoms with Gasteiger partial charge in [0.05, 0.1) is 19.3 Å². The first-order chi connectivity index (χ1) is 16.6. The number of hydrogen-bond donors (Lipinski definition) is 1. The van der Waals surface area contributed by atoms with E-state index in [1.54, 1.807) is 24.3 Å². The van der Waals surface area contributed by atoms with Gasteiger partial charge in [-0.3, -0.25) is 32.7 Å². The van der Waals surface area contributed by atoms with E-state index in [-0.39, 0.29) is 12.2 Å². The molecule has 3 heterocycles. The van der Waals surface area contributed by atoms with Crippen molar-refractivity contribution in [3.8, 4) is 0 Å². The highest BCUT2D eigenvalue weighted by Gasteiger charge is 2.50. The van der Waals surface area contributed by atoms with Crippen LogP contribution in [0.4, 0.5) is 4.39 Å². The maximum absolute atomic E-state index is 15.3. The summed E-state index contributed by atoms with van der Waals surface area (Å²) in [6.45, 7) is 2.04. The fourth-order valence-electron chi connectivity index (χ4n) is 3.84. The lowest BCUT2D eigenvalue weighted by molar-refractivity contribution is -0.152. The van der Waals surface area contributed by atoms with E-state index in [1.807, 2.05) is 0 Å². The van der Waals surface area contributed by atoms with Gasteiger partial charge in [0.2, 0.25) is 0 Å². The smallest absolute Gasteiger partial charge is 0.456 e. The minimum Gasteiger partial charge on any atom is -0.456 e. The van der Waals surface area contributed by atoms with Gasteiger partial charge in [0.15, 0.2) is 18.5 Å². The van der Waals surface area contributed by atoms with Gasteiger partial charge in [0.25, 0.3) is 5.56 Å². The van der Waals surface area contributed by atoms with E-state index < -0.39 is 62.4 Å². The second kappa shape index (κ2) is 10.3. The summed E-state index contributed by atoms with van der Waals surface area (Å²) in [5, 5.41) is 0.477. The highest BCUT2D eigenvalue weighted by Crippen LogP contribution is 2.57. The molecule has 2 unspecified atom stereocenters. The van der Waals surface area contributed by atoms with Crippen molar-refractivity contribution in [1.82, 2.24) is 9.55 Å². The third-order valence-corrected chi connectivity index (χ3v) is 7.20. The molecule has 6 atom stereocenters. The van der Waals surface area contributed by atoms with Crippen molar-refractivity contribution in [3.05, 3.63) is 67.4 Å². The Morgan fingerprint density at radius 3 is 2.86 bits per heavy atom. The lowest BCUT2D eigenvalue weighted by Gasteiger charge is -2.30. The monoisotopic (exact) mass is 532 g/mol. The number of H-pyrrole nitrogens is 1. The quantitative estimate of drug-likeness (QED) is 0.440. The van der Waals surface area contributed by atoms with Gasteiger partial charge in [0, 0.05) is 30.1 Å². The summed E-state index contributed by atoms with van der Waals surface area (Å²) in [7, 11) is -4.10. The molecule has 2 saturated heterocycles. The highest BCUT2D eigenvalue weighted by molar-refractivity contribution is 7.48. The zero-order valence-corrected chi connectivity index (χ0v) is 20.4. The first-order valence-corrected chi connectivity index (χ1v) is 12.5. The lowest BCUT2D eigenvalue weighted by Crippen LogP contribution is -2.38. The van der Waals surface area contributed by atoms with Crippen LogP contribution >= 0.6 is 19.4 Å². The predicted molar refractivity (Wildman–Crippen MR) is 120 cm³/mol. The van der Waals surface area contributed by atoms with Crippen molar-refractivity contribution >= 4 is 25.4 Å². The van der Waals surface area contributed by atoms with Gasteiger partial charge >= 0.3 is 19.5 Å². The molecule has 0 bridgehead atoms. The van der Waals surface area contributed by atoms with E-state index in [1.165, 1.54) is 6.92 Å². The number of ether oxygens (including phenoxy) is 2. The zero-order chi connectivity index (χ0) is 25.3. The van der Waals surface area contributed by atoms with Gasteiger partial charge in [-0.1, -0.05) is 23.7 Å². The molecule has 1 aromatic heterocycles. The topological polar surface area (TPSA) is 135 Å². The average molecular weight is 533 g/mol. The number of carbonyl (C=O) groups is 1. The van der Waals surface area contributed by atoms with Gasteiger partial charge in [-0.05, 0) is 24.6 Å². The number of hydrogen-bond acceptors (Lipinski definition) is 9. The van der Waals surface area contributed by atoms with Crippen molar-refractivity contribution in [2.24, 2.45) is 0 Å². The second-order valence-corrected chi connectivity index (χ2v) is 10.1. The molecule has 2 fully saturated rings. The molecule has 2 aromatic rings. The number of phosphoric ester groups is 1. The van der Waals surface area contributed by atoms with E-state index in [4.69, 9.17) is 34.6 Å². The molecule has 4 rings (SSSR count). The Morgan fingerprint density at radius 1 is 1.37 bits per heavy atom. The van der Waals surface area contributed by atoms with Crippen LogP contribution in [0.5, 0.6) is 0 Å². The van der Waals surface area contributed by atoms with Gasteiger partial charge in [-0.15, -0.1) is 0 Å². The Morgan fingerprint density at radius 2 is 2.14 bits per heavy atom. The molecule has 35 heavy (non-hydrogen) atoms. The number of nitrogens with zero attached hydrogens (tertiary/aromatic N) is 1. The van der Waals surface area contributed by atoms with E-state index >= 15 is 4.39 Å². The Balaban J connectivity index is 1.51. The van der Waals surface area contributed by atoms with E-state index in [0.717, 1.165) is 17.7 Å². The molecule has 14 heteroatoms. The maximum Gasteiger partial charge on any atom is 0.475 e. The van der Waals surface area contributed by atoms with Gasteiger partial charge < -0.3 is 9.47 Å². The molecule has 1 aromatic carbocycles. The summed E-state index contributed by atoms with van der Waals surface area (Å²) in [6.07, 6.45) is -5.37. The van der Waals surface area contributed by atoms with Crippen LogP contribution < -0.4 is 11.2 Å².